The van der Waals surface area contributed by atoms with Crippen LogP contribution in [0, 0.1) is 5.92 Å². The van der Waals surface area contributed by atoms with Crippen LogP contribution in [0.1, 0.15) is 40.0 Å². The number of likely N-dealkylation sites (N-methyl/N-ethyl adjacent to an activating group) is 1. The molecule has 1 heterocycles. The highest BCUT2D eigenvalue weighted by Crippen LogP contribution is 2.16. The van der Waals surface area contributed by atoms with E-state index in [2.05, 4.69) is 50.0 Å². The number of nitrogens with zero attached hydrogens (tertiary/aromatic N) is 2. The Morgan fingerprint density at radius 2 is 1.83 bits per heavy atom. The van der Waals surface area contributed by atoms with Crippen molar-refractivity contribution in [3.8, 4) is 0 Å². The molecule has 0 aromatic rings. The zero-order chi connectivity index (χ0) is 13.5. The molecule has 108 valence electrons. The summed E-state index contributed by atoms with van der Waals surface area (Å²) in [5, 5.41) is 3.66. The number of rotatable bonds is 7. The van der Waals surface area contributed by atoms with Gasteiger partial charge in [-0.2, -0.15) is 0 Å². The van der Waals surface area contributed by atoms with Gasteiger partial charge in [-0.1, -0.05) is 27.2 Å². The molecule has 1 rings (SSSR count). The molecule has 3 heteroatoms. The number of hydrogen-bond acceptors (Lipinski definition) is 3. The molecule has 0 aliphatic carbocycles. The monoisotopic (exact) mass is 255 g/mol. The zero-order valence-electron chi connectivity index (χ0n) is 13.1. The van der Waals surface area contributed by atoms with E-state index in [-0.39, 0.29) is 0 Å². The summed E-state index contributed by atoms with van der Waals surface area (Å²) in [6.45, 7) is 11.7. The summed E-state index contributed by atoms with van der Waals surface area (Å²) in [7, 11) is 4.42. The predicted molar refractivity (Wildman–Crippen MR) is 80.1 cm³/mol. The molecule has 0 aromatic carbocycles. The van der Waals surface area contributed by atoms with Crippen LogP contribution < -0.4 is 5.32 Å². The van der Waals surface area contributed by atoms with Gasteiger partial charge in [-0.15, -0.1) is 0 Å². The molecule has 1 fully saturated rings. The van der Waals surface area contributed by atoms with Gasteiger partial charge in [-0.05, 0) is 52.5 Å². The third-order valence-electron chi connectivity index (χ3n) is 4.54. The van der Waals surface area contributed by atoms with E-state index < -0.39 is 0 Å². The van der Waals surface area contributed by atoms with Crippen LogP contribution in [0.25, 0.3) is 0 Å². The van der Waals surface area contributed by atoms with Crippen molar-refractivity contribution < 1.29 is 0 Å². The first-order valence-electron chi connectivity index (χ1n) is 7.70. The quantitative estimate of drug-likeness (QED) is 0.751. The van der Waals surface area contributed by atoms with Crippen molar-refractivity contribution in [1.29, 1.82) is 0 Å². The minimum absolute atomic E-state index is 0.663. The van der Waals surface area contributed by atoms with E-state index >= 15 is 0 Å². The highest BCUT2D eigenvalue weighted by Gasteiger charge is 2.24. The van der Waals surface area contributed by atoms with Gasteiger partial charge in [0, 0.05) is 18.6 Å². The summed E-state index contributed by atoms with van der Waals surface area (Å²) in [6, 6.07) is 1.46. The highest BCUT2D eigenvalue weighted by atomic mass is 15.2. The van der Waals surface area contributed by atoms with Crippen LogP contribution in [0.4, 0.5) is 0 Å². The molecule has 1 aliphatic rings. The predicted octanol–water partition coefficient (Wildman–Crippen LogP) is 2.04. The summed E-state index contributed by atoms with van der Waals surface area (Å²) in [6.07, 6.45) is 3.92. The summed E-state index contributed by atoms with van der Waals surface area (Å²) in [5.74, 6) is 0.775. The van der Waals surface area contributed by atoms with Crippen LogP contribution in [-0.2, 0) is 0 Å². The third-order valence-corrected chi connectivity index (χ3v) is 4.54. The molecular formula is C15H33N3. The maximum atomic E-state index is 3.66. The van der Waals surface area contributed by atoms with Crippen molar-refractivity contribution in [1.82, 2.24) is 15.1 Å². The van der Waals surface area contributed by atoms with Crippen LogP contribution in [-0.4, -0.2) is 62.2 Å². The average Bonchev–Trinajstić information content (AvgIpc) is 2.38. The van der Waals surface area contributed by atoms with Gasteiger partial charge < -0.3 is 15.1 Å². The van der Waals surface area contributed by atoms with Crippen molar-refractivity contribution >= 4 is 0 Å². The number of likely N-dealkylation sites (tertiary alicyclic amines) is 1. The summed E-state index contributed by atoms with van der Waals surface area (Å²) in [4.78, 5) is 5.03. The molecule has 0 spiro atoms. The Bertz CT molecular complexity index is 210. The van der Waals surface area contributed by atoms with Gasteiger partial charge in [0.25, 0.3) is 0 Å². The maximum absolute atomic E-state index is 3.66. The average molecular weight is 255 g/mol. The first kappa shape index (κ1) is 15.9. The van der Waals surface area contributed by atoms with E-state index in [4.69, 9.17) is 0 Å². The largest absolute Gasteiger partial charge is 0.313 e. The third kappa shape index (κ3) is 4.87. The first-order valence-corrected chi connectivity index (χ1v) is 7.70. The number of nitrogens with one attached hydrogen (secondary N) is 1. The molecule has 2 atom stereocenters. The summed E-state index contributed by atoms with van der Waals surface area (Å²) >= 11 is 0. The van der Waals surface area contributed by atoms with E-state index in [1.54, 1.807) is 0 Å². The van der Waals surface area contributed by atoms with Crippen LogP contribution >= 0.6 is 0 Å². The van der Waals surface area contributed by atoms with Crippen LogP contribution in [0.3, 0.4) is 0 Å². The Labute approximate surface area is 114 Å². The van der Waals surface area contributed by atoms with E-state index in [9.17, 15) is 0 Å². The minimum Gasteiger partial charge on any atom is -0.313 e. The number of hydrogen-bond donors (Lipinski definition) is 1. The fourth-order valence-corrected chi connectivity index (χ4v) is 2.89. The van der Waals surface area contributed by atoms with Gasteiger partial charge in [0.2, 0.25) is 0 Å². The molecule has 0 bridgehead atoms. The van der Waals surface area contributed by atoms with Gasteiger partial charge >= 0.3 is 0 Å². The lowest BCUT2D eigenvalue weighted by molar-refractivity contribution is 0.126. The second kappa shape index (κ2) is 8.13. The molecule has 0 radical (unpaired) electrons. The van der Waals surface area contributed by atoms with Crippen molar-refractivity contribution in [3.05, 3.63) is 0 Å². The fraction of sp³-hybridized carbons (Fsp3) is 1.00. The van der Waals surface area contributed by atoms with Crippen LogP contribution in [0.2, 0.25) is 0 Å². The van der Waals surface area contributed by atoms with Crippen molar-refractivity contribution in [2.24, 2.45) is 5.92 Å². The van der Waals surface area contributed by atoms with Gasteiger partial charge in [-0.3, -0.25) is 0 Å². The van der Waals surface area contributed by atoms with Crippen LogP contribution in [0.5, 0.6) is 0 Å². The van der Waals surface area contributed by atoms with E-state index in [0.29, 0.717) is 6.04 Å². The minimum atomic E-state index is 0.663. The van der Waals surface area contributed by atoms with Gasteiger partial charge in [-0.25, -0.2) is 0 Å². The molecule has 1 aliphatic heterocycles. The molecule has 1 N–H and O–H groups in total. The molecule has 0 saturated carbocycles. The van der Waals surface area contributed by atoms with Gasteiger partial charge in [0.1, 0.15) is 0 Å². The second-order valence-corrected chi connectivity index (χ2v) is 6.05. The first-order chi connectivity index (χ1) is 8.58. The van der Waals surface area contributed by atoms with E-state index in [1.807, 2.05) is 0 Å². The van der Waals surface area contributed by atoms with E-state index in [1.165, 1.54) is 38.9 Å². The SMILES string of the molecule is CCNC(CN1CCC(N(C)C)CC1)C(C)CC. The molecular weight excluding hydrogens is 222 g/mol. The molecule has 1 saturated heterocycles. The smallest absolute Gasteiger partial charge is 0.0220 e. The topological polar surface area (TPSA) is 18.5 Å². The Morgan fingerprint density at radius 1 is 1.22 bits per heavy atom. The van der Waals surface area contributed by atoms with Crippen molar-refractivity contribution in [2.45, 2.75) is 52.1 Å². The molecule has 2 unspecified atom stereocenters. The molecule has 18 heavy (non-hydrogen) atoms. The Morgan fingerprint density at radius 3 is 2.28 bits per heavy atom. The Kier molecular flexibility index (Phi) is 7.20. The van der Waals surface area contributed by atoms with Crippen LogP contribution in [0.15, 0.2) is 0 Å². The molecule has 0 aromatic heterocycles. The summed E-state index contributed by atoms with van der Waals surface area (Å²) in [5.41, 5.74) is 0. The highest BCUT2D eigenvalue weighted by molar-refractivity contribution is 4.82. The van der Waals surface area contributed by atoms with Gasteiger partial charge in [0.05, 0.1) is 0 Å². The zero-order valence-corrected chi connectivity index (χ0v) is 13.1. The standard InChI is InChI=1S/C15H33N3/c1-6-13(3)15(16-7-2)12-18-10-8-14(9-11-18)17(4)5/h13-16H,6-12H2,1-5H3. The molecule has 0 amide bonds. The van der Waals surface area contributed by atoms with Gasteiger partial charge in [0.15, 0.2) is 0 Å². The Balaban J connectivity index is 2.37. The lowest BCUT2D eigenvalue weighted by atomic mass is 9.97. The van der Waals surface area contributed by atoms with Crippen molar-refractivity contribution in [2.75, 3.05) is 40.3 Å². The normalized spacial score (nSPS) is 22.3. The van der Waals surface area contributed by atoms with E-state index in [0.717, 1.165) is 18.5 Å². The second-order valence-electron chi connectivity index (χ2n) is 6.05. The van der Waals surface area contributed by atoms with Crippen molar-refractivity contribution in [3.63, 3.8) is 0 Å². The lowest BCUT2D eigenvalue weighted by Crippen LogP contribution is -2.49. The molecule has 3 nitrogen and oxygen atoms in total. The lowest BCUT2D eigenvalue weighted by Gasteiger charge is -2.38. The Hall–Kier alpha value is -0.120. The summed E-state index contributed by atoms with van der Waals surface area (Å²) < 4.78 is 0. The fourth-order valence-electron chi connectivity index (χ4n) is 2.89. The number of piperidine rings is 1. The maximum Gasteiger partial charge on any atom is 0.0220 e.